The van der Waals surface area contributed by atoms with Crippen LogP contribution >= 0.6 is 0 Å². The van der Waals surface area contributed by atoms with E-state index in [0.29, 0.717) is 22.7 Å². The maximum absolute atomic E-state index is 18.4. The molecule has 0 aromatic heterocycles. The van der Waals surface area contributed by atoms with E-state index in [0.717, 1.165) is 11.4 Å². The van der Waals surface area contributed by atoms with Crippen molar-refractivity contribution in [2.75, 3.05) is 9.80 Å². The molecule has 3 nitrogen and oxygen atoms in total. The molecule has 8 rings (SSSR count). The van der Waals surface area contributed by atoms with E-state index in [2.05, 4.69) is 0 Å². The summed E-state index contributed by atoms with van der Waals surface area (Å²) in [6, 6.07) is 35.7. The van der Waals surface area contributed by atoms with Crippen LogP contribution in [0.5, 0.6) is 11.5 Å². The van der Waals surface area contributed by atoms with Crippen LogP contribution in [0.3, 0.4) is 0 Å². The average Bonchev–Trinajstić information content (AvgIpc) is 2.90. The van der Waals surface area contributed by atoms with Gasteiger partial charge >= 0.3 is 210 Å². The number of nitrogens with zero attached hydrogens (tertiary/aromatic N) is 2. The standard InChI is InChI=1S/C30H19N2O.Bi.2FH/c1-3-10-23(11-4-1)31-25-14-7-15-26(20-25)32(24-12-5-2-6-13-24)28-17-9-19-30(22-28)33-29-18-8-16-27(31)21-29;;;/h1-19H;;2*1H/q;+2;;/p-2. The summed E-state index contributed by atoms with van der Waals surface area (Å²) >= 11 is -7.19. The topological polar surface area (TPSA) is 15.7 Å². The molecular weight excluding hydrogens is 651 g/mol. The number of halogens is 2. The fourth-order valence-corrected chi connectivity index (χ4v) is 21.6. The molecule has 0 atom stereocenters. The van der Waals surface area contributed by atoms with E-state index in [-0.39, 0.29) is 21.3 Å². The van der Waals surface area contributed by atoms with Crippen LogP contribution in [0, 0.1) is 0 Å². The van der Waals surface area contributed by atoms with Gasteiger partial charge in [0, 0.05) is 0 Å². The first-order valence-electron chi connectivity index (χ1n) is 11.8. The summed E-state index contributed by atoms with van der Waals surface area (Å²) in [5.74, 6) is 0.536. The van der Waals surface area contributed by atoms with Gasteiger partial charge in [-0.3, -0.25) is 0 Å². The maximum atomic E-state index is 18.4. The number of hydrogen-bond acceptors (Lipinski definition) is 3. The zero-order chi connectivity index (χ0) is 24.1. The van der Waals surface area contributed by atoms with Crippen molar-refractivity contribution in [1.82, 2.24) is 0 Å². The Kier molecular flexibility index (Phi) is 3.81. The molecule has 5 aromatic rings. The van der Waals surface area contributed by atoms with Gasteiger partial charge < -0.3 is 0 Å². The van der Waals surface area contributed by atoms with Gasteiger partial charge in [0.2, 0.25) is 0 Å². The molecule has 0 amide bonds. The first-order chi connectivity index (χ1) is 17.6. The Morgan fingerprint density at radius 3 is 1.28 bits per heavy atom. The summed E-state index contributed by atoms with van der Waals surface area (Å²) in [7, 11) is 0. The summed E-state index contributed by atoms with van der Waals surface area (Å²) in [6.45, 7) is 0. The van der Waals surface area contributed by atoms with Gasteiger partial charge in [-0.05, 0) is 0 Å². The molecule has 0 fully saturated rings. The summed E-state index contributed by atoms with van der Waals surface area (Å²) in [5.41, 5.74) is 3.79. The fraction of sp³-hybridized carbons (Fsp3) is 0. The SMILES string of the molecule is [F][Bi]12([F])[c]3c4cccc3N(c3ccccc3)c3cccc([c]31)N(c1ccccc1)c1cccc([c]12)O4. The van der Waals surface area contributed by atoms with Crippen LogP contribution in [0.2, 0.25) is 0 Å². The minimum absolute atomic E-state index is 0.0972. The Balaban J connectivity index is 1.59. The van der Waals surface area contributed by atoms with Crippen molar-refractivity contribution in [2.24, 2.45) is 0 Å². The second-order valence-electron chi connectivity index (χ2n) is 9.24. The third kappa shape index (κ3) is 2.29. The van der Waals surface area contributed by atoms with Crippen molar-refractivity contribution in [3.8, 4) is 11.5 Å². The Labute approximate surface area is 209 Å². The zero-order valence-electron chi connectivity index (χ0n) is 19.0. The molecule has 0 spiro atoms. The average molecular weight is 670 g/mol. The van der Waals surface area contributed by atoms with Gasteiger partial charge in [0.15, 0.2) is 0 Å². The number of ether oxygens (including phenoxy) is 1. The predicted molar refractivity (Wildman–Crippen MR) is 143 cm³/mol. The van der Waals surface area contributed by atoms with Crippen LogP contribution in [-0.2, 0) is 0 Å². The van der Waals surface area contributed by atoms with Crippen molar-refractivity contribution >= 4 is 63.9 Å². The Morgan fingerprint density at radius 1 is 0.444 bits per heavy atom. The normalized spacial score (nSPS) is 17.9. The van der Waals surface area contributed by atoms with Gasteiger partial charge in [0.25, 0.3) is 0 Å². The Bertz CT molecular complexity index is 1600. The van der Waals surface area contributed by atoms with Gasteiger partial charge in [-0.25, -0.2) is 0 Å². The van der Waals surface area contributed by atoms with Crippen LogP contribution in [0.4, 0.5) is 39.4 Å². The number of hydrogen-bond donors (Lipinski definition) is 0. The number of rotatable bonds is 2. The van der Waals surface area contributed by atoms with Gasteiger partial charge in [-0.2, -0.15) is 0 Å². The Morgan fingerprint density at radius 2 is 0.833 bits per heavy atom. The quantitative estimate of drug-likeness (QED) is 0.191. The molecule has 0 N–H and O–H groups in total. The Hall–Kier alpha value is -3.76. The predicted octanol–water partition coefficient (Wildman–Crippen LogP) is 6.72. The van der Waals surface area contributed by atoms with Crippen LogP contribution < -0.4 is 24.4 Å². The molecule has 5 aromatic carbocycles. The monoisotopic (exact) mass is 670 g/mol. The van der Waals surface area contributed by atoms with E-state index in [1.807, 2.05) is 113 Å². The molecule has 0 saturated carbocycles. The van der Waals surface area contributed by atoms with Gasteiger partial charge in [-0.15, -0.1) is 0 Å². The van der Waals surface area contributed by atoms with Crippen LogP contribution in [0.1, 0.15) is 0 Å². The molecule has 36 heavy (non-hydrogen) atoms. The van der Waals surface area contributed by atoms with Crippen molar-refractivity contribution in [1.29, 1.82) is 0 Å². The van der Waals surface area contributed by atoms with Crippen molar-refractivity contribution in [3.05, 3.63) is 115 Å². The zero-order valence-corrected chi connectivity index (χ0v) is 22.5. The van der Waals surface area contributed by atoms with E-state index >= 15 is 5.25 Å². The summed E-state index contributed by atoms with van der Waals surface area (Å²) in [6.07, 6.45) is 0. The molecule has 3 aliphatic rings. The first-order valence-corrected chi connectivity index (χ1v) is 19.7. The second kappa shape index (κ2) is 6.71. The summed E-state index contributed by atoms with van der Waals surface area (Å²) in [5, 5.41) is 0. The first kappa shape index (κ1) is 20.4. The number of para-hydroxylation sites is 2. The third-order valence-electron chi connectivity index (χ3n) is 7.34. The molecule has 0 radical (unpaired) electrons. The van der Waals surface area contributed by atoms with E-state index < -0.39 is 20.0 Å². The number of benzene rings is 5. The van der Waals surface area contributed by atoms with Crippen LogP contribution in [0.25, 0.3) is 0 Å². The van der Waals surface area contributed by atoms with Gasteiger partial charge in [0.1, 0.15) is 0 Å². The third-order valence-corrected chi connectivity index (χ3v) is 21.8. The minimum atomic E-state index is -7.19. The molecule has 0 aliphatic carbocycles. The molecular formula is C30H19BiF2N2O. The van der Waals surface area contributed by atoms with Gasteiger partial charge in [0.05, 0.1) is 0 Å². The molecule has 0 saturated heterocycles. The summed E-state index contributed by atoms with van der Waals surface area (Å²) in [4.78, 5) is 3.94. The molecule has 3 aliphatic heterocycles. The second-order valence-corrected chi connectivity index (χ2v) is 21.5. The van der Waals surface area contributed by atoms with E-state index in [1.165, 1.54) is 0 Å². The molecule has 3 heterocycles. The van der Waals surface area contributed by atoms with E-state index in [4.69, 9.17) is 4.74 Å². The van der Waals surface area contributed by atoms with Crippen molar-refractivity contribution in [2.45, 2.75) is 0 Å². The van der Waals surface area contributed by atoms with Crippen molar-refractivity contribution in [3.63, 3.8) is 0 Å². The van der Waals surface area contributed by atoms with E-state index in [9.17, 15) is 0 Å². The van der Waals surface area contributed by atoms with E-state index in [1.54, 1.807) is 12.1 Å². The molecule has 0 unspecified atom stereocenters. The molecule has 174 valence electrons. The van der Waals surface area contributed by atoms with Crippen LogP contribution in [-0.4, -0.2) is 20.0 Å². The van der Waals surface area contributed by atoms with Crippen molar-refractivity contribution < 1.29 is 9.99 Å². The summed E-state index contributed by atoms with van der Waals surface area (Å²) < 4.78 is 43.4. The van der Waals surface area contributed by atoms with Gasteiger partial charge in [-0.1, -0.05) is 0 Å². The molecule has 0 bridgehead atoms. The van der Waals surface area contributed by atoms with Crippen LogP contribution in [0.15, 0.2) is 115 Å². The fourth-order valence-electron chi connectivity index (χ4n) is 6.04. The number of anilines is 6. The molecule has 6 heteroatoms.